The lowest BCUT2D eigenvalue weighted by atomic mass is 9.77. The molecule has 3 aromatic heterocycles. The number of rotatable bonds is 1. The smallest absolute Gasteiger partial charge is 0.257 e. The van der Waals surface area contributed by atoms with Gasteiger partial charge in [-0.2, -0.15) is 5.10 Å². The third-order valence-electron chi connectivity index (χ3n) is 5.54. The van der Waals surface area contributed by atoms with Crippen molar-refractivity contribution in [1.82, 2.24) is 29.7 Å². The highest BCUT2D eigenvalue weighted by atomic mass is 16.2. The largest absolute Gasteiger partial charge is 0.338 e. The van der Waals surface area contributed by atoms with Crippen LogP contribution in [0.4, 0.5) is 0 Å². The predicted molar refractivity (Wildman–Crippen MR) is 86.7 cm³/mol. The number of H-pyrrole nitrogens is 1. The topological polar surface area (TPSA) is 79.2 Å². The fraction of sp³-hybridized carbons (Fsp3) is 0.412. The highest BCUT2D eigenvalue weighted by Gasteiger charge is 2.44. The third kappa shape index (κ3) is 1.84. The molecule has 3 aromatic rings. The maximum absolute atomic E-state index is 13.1. The van der Waals surface area contributed by atoms with E-state index < -0.39 is 0 Å². The average molecular weight is 322 g/mol. The highest BCUT2D eigenvalue weighted by Crippen LogP contribution is 2.44. The Morgan fingerprint density at radius 2 is 2.29 bits per heavy atom. The van der Waals surface area contributed by atoms with Gasteiger partial charge in [0.2, 0.25) is 0 Å². The molecule has 1 spiro atoms. The average Bonchev–Trinajstić information content (AvgIpc) is 3.32. The molecule has 1 N–H and O–H groups in total. The van der Waals surface area contributed by atoms with Crippen molar-refractivity contribution in [3.05, 3.63) is 47.7 Å². The van der Waals surface area contributed by atoms with E-state index in [1.165, 1.54) is 11.3 Å². The van der Waals surface area contributed by atoms with Crippen molar-refractivity contribution in [2.45, 2.75) is 31.1 Å². The Morgan fingerprint density at radius 1 is 1.33 bits per heavy atom. The van der Waals surface area contributed by atoms with Crippen LogP contribution in [0.1, 0.15) is 40.9 Å². The Labute approximate surface area is 138 Å². The van der Waals surface area contributed by atoms with E-state index in [-0.39, 0.29) is 11.3 Å². The van der Waals surface area contributed by atoms with E-state index in [0.29, 0.717) is 11.2 Å². The second kappa shape index (κ2) is 4.90. The minimum Gasteiger partial charge on any atom is -0.338 e. The summed E-state index contributed by atoms with van der Waals surface area (Å²) in [6.07, 6.45) is 9.68. The number of likely N-dealkylation sites (tertiary alicyclic amines) is 1. The van der Waals surface area contributed by atoms with E-state index in [1.807, 2.05) is 29.4 Å². The Morgan fingerprint density at radius 3 is 3.25 bits per heavy atom. The summed E-state index contributed by atoms with van der Waals surface area (Å²) in [5.74, 6) is 0.0423. The first-order valence-electron chi connectivity index (χ1n) is 8.37. The first-order chi connectivity index (χ1) is 11.8. The van der Waals surface area contributed by atoms with Crippen LogP contribution in [0.25, 0.3) is 5.65 Å². The minimum atomic E-state index is 0.0402. The van der Waals surface area contributed by atoms with E-state index in [1.54, 1.807) is 10.7 Å². The van der Waals surface area contributed by atoms with Gasteiger partial charge in [0, 0.05) is 30.4 Å². The number of aryl methyl sites for hydroxylation is 1. The Balaban J connectivity index is 1.49. The van der Waals surface area contributed by atoms with Gasteiger partial charge in [-0.1, -0.05) is 0 Å². The fourth-order valence-electron chi connectivity index (χ4n) is 4.36. The van der Waals surface area contributed by atoms with Crippen molar-refractivity contribution < 1.29 is 4.79 Å². The minimum absolute atomic E-state index is 0.0402. The first kappa shape index (κ1) is 13.7. The monoisotopic (exact) mass is 322 g/mol. The molecule has 0 aromatic carbocycles. The van der Waals surface area contributed by atoms with Crippen LogP contribution in [-0.2, 0) is 11.8 Å². The maximum atomic E-state index is 13.1. The summed E-state index contributed by atoms with van der Waals surface area (Å²) < 4.78 is 1.79. The zero-order valence-corrected chi connectivity index (χ0v) is 13.3. The molecular formula is C17H18N6O. The molecule has 1 aliphatic heterocycles. The fourth-order valence-corrected chi connectivity index (χ4v) is 4.36. The van der Waals surface area contributed by atoms with Gasteiger partial charge in [-0.05, 0) is 43.4 Å². The van der Waals surface area contributed by atoms with Crippen molar-refractivity contribution in [3.63, 3.8) is 0 Å². The summed E-state index contributed by atoms with van der Waals surface area (Å²) >= 11 is 0. The molecular weight excluding hydrogens is 304 g/mol. The first-order valence-corrected chi connectivity index (χ1v) is 8.37. The Hall–Kier alpha value is -2.70. The molecule has 1 atom stereocenters. The van der Waals surface area contributed by atoms with Gasteiger partial charge >= 0.3 is 0 Å². The van der Waals surface area contributed by atoms with Crippen LogP contribution in [0.5, 0.6) is 0 Å². The van der Waals surface area contributed by atoms with Crippen LogP contribution in [-0.4, -0.2) is 48.7 Å². The molecule has 5 rings (SSSR count). The second-order valence-corrected chi connectivity index (χ2v) is 6.86. The third-order valence-corrected chi connectivity index (χ3v) is 5.54. The molecule has 4 heterocycles. The van der Waals surface area contributed by atoms with Crippen LogP contribution in [0.3, 0.4) is 0 Å². The summed E-state index contributed by atoms with van der Waals surface area (Å²) in [5, 5.41) is 15.4. The maximum Gasteiger partial charge on any atom is 0.257 e. The number of aromatic amines is 1. The number of piperidine rings is 1. The second-order valence-electron chi connectivity index (χ2n) is 6.86. The summed E-state index contributed by atoms with van der Waals surface area (Å²) in [4.78, 5) is 15.1. The van der Waals surface area contributed by atoms with E-state index in [0.717, 1.165) is 38.8 Å². The summed E-state index contributed by atoms with van der Waals surface area (Å²) in [6, 6.07) is 3.70. The molecule has 1 fully saturated rings. The lowest BCUT2D eigenvalue weighted by Gasteiger charge is -2.40. The number of aromatic nitrogens is 5. The molecule has 1 saturated heterocycles. The predicted octanol–water partition coefficient (Wildman–Crippen LogP) is 1.57. The van der Waals surface area contributed by atoms with Gasteiger partial charge in [0.05, 0.1) is 11.8 Å². The number of fused-ring (bicyclic) bond motifs is 3. The van der Waals surface area contributed by atoms with E-state index in [9.17, 15) is 4.79 Å². The SMILES string of the molecule is O=C(c1cccn2cnnc12)N1CCCC2(CCc3cn[nH]c32)C1. The van der Waals surface area contributed by atoms with Crippen LogP contribution in [0, 0.1) is 0 Å². The molecule has 0 bridgehead atoms. The molecule has 24 heavy (non-hydrogen) atoms. The van der Waals surface area contributed by atoms with E-state index in [4.69, 9.17) is 0 Å². The standard InChI is InChI=1S/C17H18N6O/c24-16(13-3-1-7-23-11-19-21-15(13)23)22-8-2-5-17(10-22)6-4-12-9-18-20-14(12)17/h1,3,7,9,11H,2,4-6,8,10H2,(H,18,20). The highest BCUT2D eigenvalue weighted by molar-refractivity contribution is 5.99. The number of nitrogens with one attached hydrogen (secondary N) is 1. The molecule has 7 heteroatoms. The van der Waals surface area contributed by atoms with Crippen LogP contribution in [0.2, 0.25) is 0 Å². The Kier molecular flexibility index (Phi) is 2.80. The number of carbonyl (C=O) groups excluding carboxylic acids is 1. The quantitative estimate of drug-likeness (QED) is 0.737. The van der Waals surface area contributed by atoms with Gasteiger partial charge in [-0.25, -0.2) is 0 Å². The summed E-state index contributed by atoms with van der Waals surface area (Å²) in [7, 11) is 0. The lowest BCUT2D eigenvalue weighted by molar-refractivity contribution is 0.0634. The normalized spacial score (nSPS) is 23.1. The molecule has 1 unspecified atom stereocenters. The summed E-state index contributed by atoms with van der Waals surface area (Å²) in [5.41, 5.74) is 3.83. The summed E-state index contributed by atoms with van der Waals surface area (Å²) in [6.45, 7) is 1.54. The van der Waals surface area contributed by atoms with Crippen molar-refractivity contribution in [1.29, 1.82) is 0 Å². The number of hydrogen-bond acceptors (Lipinski definition) is 4. The van der Waals surface area contributed by atoms with Gasteiger partial charge in [-0.15, -0.1) is 10.2 Å². The van der Waals surface area contributed by atoms with Gasteiger partial charge in [0.1, 0.15) is 6.33 Å². The van der Waals surface area contributed by atoms with Crippen LogP contribution in [0.15, 0.2) is 30.9 Å². The van der Waals surface area contributed by atoms with Gasteiger partial charge < -0.3 is 4.90 Å². The molecule has 122 valence electrons. The molecule has 0 radical (unpaired) electrons. The van der Waals surface area contributed by atoms with Gasteiger partial charge in [0.25, 0.3) is 5.91 Å². The van der Waals surface area contributed by atoms with Crippen molar-refractivity contribution in [2.75, 3.05) is 13.1 Å². The number of carbonyl (C=O) groups is 1. The number of amides is 1. The van der Waals surface area contributed by atoms with Crippen LogP contribution >= 0.6 is 0 Å². The molecule has 1 amide bonds. The number of hydrogen-bond donors (Lipinski definition) is 1. The zero-order valence-electron chi connectivity index (χ0n) is 13.3. The number of nitrogens with zero attached hydrogens (tertiary/aromatic N) is 5. The molecule has 2 aliphatic rings. The van der Waals surface area contributed by atoms with Crippen molar-refractivity contribution in [2.24, 2.45) is 0 Å². The molecule has 7 nitrogen and oxygen atoms in total. The van der Waals surface area contributed by atoms with Gasteiger partial charge in [0.15, 0.2) is 5.65 Å². The van der Waals surface area contributed by atoms with E-state index >= 15 is 0 Å². The Bertz CT molecular complexity index is 928. The van der Waals surface area contributed by atoms with Crippen LogP contribution < -0.4 is 0 Å². The zero-order chi connectivity index (χ0) is 16.1. The van der Waals surface area contributed by atoms with Gasteiger partial charge in [-0.3, -0.25) is 14.3 Å². The van der Waals surface area contributed by atoms with Crippen molar-refractivity contribution in [3.8, 4) is 0 Å². The molecule has 1 aliphatic carbocycles. The molecule has 0 saturated carbocycles. The number of pyridine rings is 1. The van der Waals surface area contributed by atoms with E-state index in [2.05, 4.69) is 20.4 Å². The lowest BCUT2D eigenvalue weighted by Crippen LogP contribution is -2.48. The van der Waals surface area contributed by atoms with Crippen molar-refractivity contribution >= 4 is 11.6 Å².